The van der Waals surface area contributed by atoms with E-state index in [1.54, 1.807) is 12.4 Å². The predicted octanol–water partition coefficient (Wildman–Crippen LogP) is 3.73. The Morgan fingerprint density at radius 3 is 2.48 bits per heavy atom. The lowest BCUT2D eigenvalue weighted by atomic mass is 10.1. The summed E-state index contributed by atoms with van der Waals surface area (Å²) in [5, 5.41) is 14.6. The van der Waals surface area contributed by atoms with E-state index in [1.807, 2.05) is 65.7 Å². The maximum absolute atomic E-state index is 12.6. The van der Waals surface area contributed by atoms with Gasteiger partial charge in [0.15, 0.2) is 0 Å². The molecule has 1 saturated heterocycles. The minimum Gasteiger partial charge on any atom is -0.336 e. The van der Waals surface area contributed by atoms with Gasteiger partial charge in [-0.2, -0.15) is 5.10 Å². The fraction of sp³-hybridized carbons (Fsp3) is 0.167. The highest BCUT2D eigenvalue weighted by atomic mass is 35.5. The number of hydrogen-bond acceptors (Lipinski definition) is 6. The van der Waals surface area contributed by atoms with Crippen molar-refractivity contribution >= 4 is 53.0 Å². The fourth-order valence-electron chi connectivity index (χ4n) is 3.69. The molecule has 2 aromatic heterocycles. The standard InChI is InChI=1S/C24H23N7O.ClH/c32-23(31-12-10-25-11-13-31)19-6-8-20(9-7-19)29-24-26-14-17(15-27-24)4-5-18-2-1-3-22-21(18)16-28-30-22;/h1-9,14-16,25H,10-13H2,(H,28,30)(H,26,27,29);1H. The SMILES string of the molecule is Cl.O=C(c1ccc(Nc2ncc(C=Cc3cccc4[nH]ncc34)cn2)cc1)N1CCNCC1. The van der Waals surface area contributed by atoms with Crippen LogP contribution in [0.5, 0.6) is 0 Å². The molecule has 33 heavy (non-hydrogen) atoms. The molecular formula is C24H24ClN7O. The van der Waals surface area contributed by atoms with E-state index in [0.29, 0.717) is 11.5 Å². The average molecular weight is 462 g/mol. The van der Waals surface area contributed by atoms with Gasteiger partial charge in [0.05, 0.1) is 11.7 Å². The number of amides is 1. The number of carbonyl (C=O) groups is 1. The summed E-state index contributed by atoms with van der Waals surface area (Å²) in [4.78, 5) is 23.2. The molecule has 0 unspecified atom stereocenters. The third-order valence-electron chi connectivity index (χ3n) is 5.44. The number of nitrogens with one attached hydrogen (secondary N) is 3. The maximum atomic E-state index is 12.6. The predicted molar refractivity (Wildman–Crippen MR) is 133 cm³/mol. The van der Waals surface area contributed by atoms with E-state index in [0.717, 1.165) is 53.9 Å². The average Bonchev–Trinajstić information content (AvgIpc) is 3.34. The number of carbonyl (C=O) groups excluding carboxylic acids is 1. The topological polar surface area (TPSA) is 98.8 Å². The van der Waals surface area contributed by atoms with Crippen LogP contribution in [0.2, 0.25) is 0 Å². The lowest BCUT2D eigenvalue weighted by Crippen LogP contribution is -2.46. The van der Waals surface area contributed by atoms with Crippen LogP contribution in [0, 0.1) is 0 Å². The second-order valence-corrected chi connectivity index (χ2v) is 7.60. The van der Waals surface area contributed by atoms with Crippen LogP contribution in [0.3, 0.4) is 0 Å². The number of rotatable bonds is 5. The van der Waals surface area contributed by atoms with Crippen LogP contribution in [-0.2, 0) is 0 Å². The number of halogens is 1. The van der Waals surface area contributed by atoms with Crippen molar-refractivity contribution in [1.29, 1.82) is 0 Å². The molecular weight excluding hydrogens is 438 g/mol. The Morgan fingerprint density at radius 2 is 1.73 bits per heavy atom. The van der Waals surface area contributed by atoms with Crippen LogP contribution in [0.25, 0.3) is 23.1 Å². The zero-order valence-electron chi connectivity index (χ0n) is 17.9. The van der Waals surface area contributed by atoms with Crippen molar-refractivity contribution in [2.75, 3.05) is 31.5 Å². The maximum Gasteiger partial charge on any atom is 0.253 e. The minimum absolute atomic E-state index is 0. The number of benzene rings is 2. The van der Waals surface area contributed by atoms with Gasteiger partial charge < -0.3 is 15.5 Å². The van der Waals surface area contributed by atoms with Crippen LogP contribution < -0.4 is 10.6 Å². The van der Waals surface area contributed by atoms with Crippen LogP contribution in [0.4, 0.5) is 11.6 Å². The summed E-state index contributed by atoms with van der Waals surface area (Å²) in [6.45, 7) is 3.16. The number of fused-ring (bicyclic) bond motifs is 1. The monoisotopic (exact) mass is 461 g/mol. The lowest BCUT2D eigenvalue weighted by molar-refractivity contribution is 0.0736. The zero-order chi connectivity index (χ0) is 21.8. The van der Waals surface area contributed by atoms with Crippen LogP contribution in [0.1, 0.15) is 21.5 Å². The lowest BCUT2D eigenvalue weighted by Gasteiger charge is -2.27. The second-order valence-electron chi connectivity index (χ2n) is 7.60. The molecule has 9 heteroatoms. The molecule has 3 N–H and O–H groups in total. The summed E-state index contributed by atoms with van der Waals surface area (Å²) in [5.74, 6) is 0.566. The molecule has 0 spiro atoms. The molecule has 1 aliphatic heterocycles. The number of aromatic nitrogens is 4. The number of aromatic amines is 1. The summed E-state index contributed by atoms with van der Waals surface area (Å²) < 4.78 is 0. The first-order valence-corrected chi connectivity index (χ1v) is 10.6. The van der Waals surface area contributed by atoms with Gasteiger partial charge in [-0.1, -0.05) is 24.3 Å². The molecule has 5 rings (SSSR count). The van der Waals surface area contributed by atoms with Gasteiger partial charge in [-0.15, -0.1) is 12.4 Å². The van der Waals surface area contributed by atoms with Crippen LogP contribution >= 0.6 is 12.4 Å². The third kappa shape index (κ3) is 5.19. The molecule has 4 aromatic rings. The van der Waals surface area contributed by atoms with Crippen molar-refractivity contribution in [2.45, 2.75) is 0 Å². The molecule has 0 atom stereocenters. The second kappa shape index (κ2) is 10.2. The molecule has 0 aliphatic carbocycles. The molecule has 1 fully saturated rings. The molecule has 0 bridgehead atoms. The summed E-state index contributed by atoms with van der Waals surface area (Å²) in [6, 6.07) is 13.4. The Balaban J connectivity index is 0.00000259. The van der Waals surface area contributed by atoms with Gasteiger partial charge >= 0.3 is 0 Å². The molecule has 2 aromatic carbocycles. The van der Waals surface area contributed by atoms with Gasteiger partial charge in [0.25, 0.3) is 5.91 Å². The van der Waals surface area contributed by atoms with Crippen molar-refractivity contribution in [2.24, 2.45) is 0 Å². The van der Waals surface area contributed by atoms with E-state index in [1.165, 1.54) is 0 Å². The molecule has 1 aliphatic rings. The molecule has 8 nitrogen and oxygen atoms in total. The van der Waals surface area contributed by atoms with Gasteiger partial charge in [-0.05, 0) is 35.9 Å². The Hall–Kier alpha value is -3.75. The minimum atomic E-state index is 0. The normalized spacial score (nSPS) is 13.8. The van der Waals surface area contributed by atoms with Crippen LogP contribution in [-0.4, -0.2) is 57.2 Å². The van der Waals surface area contributed by atoms with E-state index in [-0.39, 0.29) is 18.3 Å². The Morgan fingerprint density at radius 1 is 0.970 bits per heavy atom. The molecule has 3 heterocycles. The smallest absolute Gasteiger partial charge is 0.253 e. The highest BCUT2D eigenvalue weighted by Crippen LogP contribution is 2.19. The number of H-pyrrole nitrogens is 1. The van der Waals surface area contributed by atoms with Gasteiger partial charge in [-0.3, -0.25) is 9.89 Å². The highest BCUT2D eigenvalue weighted by molar-refractivity contribution is 5.94. The van der Waals surface area contributed by atoms with Gasteiger partial charge in [0, 0.05) is 60.8 Å². The van der Waals surface area contributed by atoms with E-state index in [2.05, 4.69) is 30.8 Å². The molecule has 1 amide bonds. The largest absolute Gasteiger partial charge is 0.336 e. The quantitative estimate of drug-likeness (QED) is 0.419. The number of hydrogen-bond donors (Lipinski definition) is 3. The van der Waals surface area contributed by atoms with Crippen LogP contribution in [0.15, 0.2) is 61.1 Å². The van der Waals surface area contributed by atoms with Crippen molar-refractivity contribution in [3.8, 4) is 0 Å². The number of piperazine rings is 1. The van der Waals surface area contributed by atoms with Crippen molar-refractivity contribution in [1.82, 2.24) is 30.4 Å². The van der Waals surface area contributed by atoms with E-state index < -0.39 is 0 Å². The van der Waals surface area contributed by atoms with E-state index in [4.69, 9.17) is 0 Å². The van der Waals surface area contributed by atoms with Crippen molar-refractivity contribution in [3.05, 3.63) is 77.7 Å². The summed E-state index contributed by atoms with van der Waals surface area (Å²) in [5.41, 5.74) is 4.49. The Labute approximate surface area is 197 Å². The summed E-state index contributed by atoms with van der Waals surface area (Å²) in [7, 11) is 0. The first kappa shape index (κ1) is 22.4. The Bertz CT molecular complexity index is 1250. The van der Waals surface area contributed by atoms with Crippen molar-refractivity contribution < 1.29 is 4.79 Å². The number of anilines is 2. The third-order valence-corrected chi connectivity index (χ3v) is 5.44. The molecule has 0 radical (unpaired) electrons. The van der Waals surface area contributed by atoms with E-state index >= 15 is 0 Å². The molecule has 0 saturated carbocycles. The van der Waals surface area contributed by atoms with Gasteiger partial charge in [0.2, 0.25) is 5.95 Å². The Kier molecular flexibility index (Phi) is 6.97. The van der Waals surface area contributed by atoms with E-state index in [9.17, 15) is 4.79 Å². The number of nitrogens with zero attached hydrogens (tertiary/aromatic N) is 4. The van der Waals surface area contributed by atoms with Gasteiger partial charge in [-0.25, -0.2) is 9.97 Å². The first-order valence-electron chi connectivity index (χ1n) is 10.6. The highest BCUT2D eigenvalue weighted by Gasteiger charge is 2.17. The summed E-state index contributed by atoms with van der Waals surface area (Å²) in [6.07, 6.45) is 9.36. The van der Waals surface area contributed by atoms with Crippen molar-refractivity contribution in [3.63, 3.8) is 0 Å². The van der Waals surface area contributed by atoms with Gasteiger partial charge in [0.1, 0.15) is 0 Å². The zero-order valence-corrected chi connectivity index (χ0v) is 18.7. The summed E-state index contributed by atoms with van der Waals surface area (Å²) >= 11 is 0. The first-order chi connectivity index (χ1) is 15.8. The fourth-order valence-corrected chi connectivity index (χ4v) is 3.69. The molecule has 168 valence electrons.